The number of thioether (sulfide) groups is 1. The van der Waals surface area contributed by atoms with Gasteiger partial charge in [-0.1, -0.05) is 29.1 Å². The number of hydrogen-bond acceptors (Lipinski definition) is 6. The molecule has 0 aliphatic rings. The Kier molecular flexibility index (Phi) is 4.83. The summed E-state index contributed by atoms with van der Waals surface area (Å²) in [5, 5.41) is 7.33. The first kappa shape index (κ1) is 12.3. The van der Waals surface area contributed by atoms with Crippen molar-refractivity contribution < 1.29 is 4.42 Å². The Morgan fingerprint density at radius 3 is 2.60 bits per heavy atom. The molecule has 0 atom stereocenters. The monoisotopic (exact) mass is 246 g/mol. The fraction of sp³-hybridized carbons (Fsp3) is 0.625. The van der Waals surface area contributed by atoms with Crippen LogP contribution in [0.15, 0.2) is 4.42 Å². The van der Waals surface area contributed by atoms with Crippen LogP contribution >= 0.6 is 24.0 Å². The Balaban J connectivity index is 2.40. The van der Waals surface area contributed by atoms with Crippen LogP contribution in [-0.2, 0) is 5.75 Å². The van der Waals surface area contributed by atoms with E-state index >= 15 is 0 Å². The second-order valence-corrected chi connectivity index (χ2v) is 4.37. The third-order valence-electron chi connectivity index (χ3n) is 1.82. The van der Waals surface area contributed by atoms with E-state index in [2.05, 4.69) is 28.9 Å². The van der Waals surface area contributed by atoms with E-state index in [0.717, 1.165) is 17.4 Å². The van der Waals surface area contributed by atoms with Crippen molar-refractivity contribution in [3.8, 4) is 0 Å². The quantitative estimate of drug-likeness (QED) is 0.808. The number of anilines is 1. The molecule has 84 valence electrons. The standard InChI is InChI=1S/C8H14N4OS2/c1-3-12(4-2)8(14)15-5-6-10-11-7(9)13-6/h3-5H2,1-2H3,(H2,9,11). The molecule has 15 heavy (non-hydrogen) atoms. The van der Waals surface area contributed by atoms with E-state index < -0.39 is 0 Å². The second-order valence-electron chi connectivity index (χ2n) is 2.76. The van der Waals surface area contributed by atoms with E-state index in [0.29, 0.717) is 11.6 Å². The lowest BCUT2D eigenvalue weighted by atomic mass is 10.6. The van der Waals surface area contributed by atoms with Crippen molar-refractivity contribution in [2.45, 2.75) is 19.6 Å². The predicted octanol–water partition coefficient (Wildman–Crippen LogP) is 1.51. The van der Waals surface area contributed by atoms with Crippen LogP contribution in [0.4, 0.5) is 6.01 Å². The SMILES string of the molecule is CCN(CC)C(=S)SCc1nnc(N)o1. The number of rotatable bonds is 4. The van der Waals surface area contributed by atoms with Gasteiger partial charge in [-0.05, 0) is 13.8 Å². The van der Waals surface area contributed by atoms with Crippen LogP contribution in [-0.4, -0.2) is 32.5 Å². The molecule has 0 aromatic carbocycles. The topological polar surface area (TPSA) is 68.2 Å². The largest absolute Gasteiger partial charge is 0.407 e. The van der Waals surface area contributed by atoms with Gasteiger partial charge in [-0.3, -0.25) is 0 Å². The number of nitrogens with zero attached hydrogens (tertiary/aromatic N) is 3. The Bertz CT molecular complexity index is 324. The fourth-order valence-corrected chi connectivity index (χ4v) is 2.26. The van der Waals surface area contributed by atoms with Crippen molar-refractivity contribution in [2.75, 3.05) is 18.8 Å². The van der Waals surface area contributed by atoms with E-state index in [1.54, 1.807) is 0 Å². The highest BCUT2D eigenvalue weighted by Crippen LogP contribution is 2.15. The van der Waals surface area contributed by atoms with E-state index in [4.69, 9.17) is 22.4 Å². The maximum Gasteiger partial charge on any atom is 0.312 e. The van der Waals surface area contributed by atoms with Crippen molar-refractivity contribution in [1.29, 1.82) is 0 Å². The molecule has 2 N–H and O–H groups in total. The first-order valence-electron chi connectivity index (χ1n) is 4.66. The maximum atomic E-state index is 5.30. The Morgan fingerprint density at radius 2 is 2.13 bits per heavy atom. The van der Waals surface area contributed by atoms with Gasteiger partial charge in [0.2, 0.25) is 5.89 Å². The lowest BCUT2D eigenvalue weighted by molar-refractivity contribution is 0.482. The van der Waals surface area contributed by atoms with Gasteiger partial charge in [0, 0.05) is 13.1 Å². The van der Waals surface area contributed by atoms with Crippen molar-refractivity contribution >= 4 is 34.3 Å². The van der Waals surface area contributed by atoms with Crippen molar-refractivity contribution in [3.05, 3.63) is 5.89 Å². The number of aromatic nitrogens is 2. The minimum atomic E-state index is 0.0966. The van der Waals surface area contributed by atoms with Gasteiger partial charge in [0.15, 0.2) is 0 Å². The zero-order chi connectivity index (χ0) is 11.3. The van der Waals surface area contributed by atoms with Gasteiger partial charge in [0.25, 0.3) is 0 Å². The molecule has 0 spiro atoms. The average Bonchev–Trinajstić information content (AvgIpc) is 2.63. The van der Waals surface area contributed by atoms with E-state index in [1.807, 2.05) is 0 Å². The molecule has 0 amide bonds. The minimum Gasteiger partial charge on any atom is -0.407 e. The van der Waals surface area contributed by atoms with Gasteiger partial charge in [0.1, 0.15) is 4.32 Å². The Hall–Kier alpha value is -0.820. The molecule has 1 aromatic heterocycles. The summed E-state index contributed by atoms with van der Waals surface area (Å²) >= 11 is 6.75. The smallest absolute Gasteiger partial charge is 0.312 e. The van der Waals surface area contributed by atoms with Crippen molar-refractivity contribution in [3.63, 3.8) is 0 Å². The molecule has 1 rings (SSSR count). The average molecular weight is 246 g/mol. The van der Waals surface area contributed by atoms with Crippen LogP contribution in [0.2, 0.25) is 0 Å². The number of nitrogen functional groups attached to an aromatic ring is 1. The van der Waals surface area contributed by atoms with Crippen molar-refractivity contribution in [2.24, 2.45) is 0 Å². The lowest BCUT2D eigenvalue weighted by Crippen LogP contribution is -2.26. The second kappa shape index (κ2) is 5.92. The third kappa shape index (κ3) is 3.67. The molecule has 0 unspecified atom stereocenters. The molecular formula is C8H14N4OS2. The highest BCUT2D eigenvalue weighted by Gasteiger charge is 2.09. The van der Waals surface area contributed by atoms with Gasteiger partial charge >= 0.3 is 6.01 Å². The van der Waals surface area contributed by atoms with Crippen LogP contribution in [0.1, 0.15) is 19.7 Å². The molecule has 1 aromatic rings. The summed E-state index contributed by atoms with van der Waals surface area (Å²) < 4.78 is 5.88. The number of thiocarbonyl (C=S) groups is 1. The maximum absolute atomic E-state index is 5.30. The van der Waals surface area contributed by atoms with Crippen LogP contribution in [0, 0.1) is 0 Å². The van der Waals surface area contributed by atoms with Gasteiger partial charge in [0.05, 0.1) is 5.75 Å². The van der Waals surface area contributed by atoms with Gasteiger partial charge in [-0.25, -0.2) is 0 Å². The third-order valence-corrected chi connectivity index (χ3v) is 3.33. The fourth-order valence-electron chi connectivity index (χ4n) is 1.02. The highest BCUT2D eigenvalue weighted by molar-refractivity contribution is 8.22. The minimum absolute atomic E-state index is 0.0966. The molecule has 0 saturated heterocycles. The van der Waals surface area contributed by atoms with Crippen molar-refractivity contribution in [1.82, 2.24) is 15.1 Å². The highest BCUT2D eigenvalue weighted by atomic mass is 32.2. The molecular weight excluding hydrogens is 232 g/mol. The zero-order valence-electron chi connectivity index (χ0n) is 8.77. The molecule has 0 saturated carbocycles. The zero-order valence-corrected chi connectivity index (χ0v) is 10.4. The first-order chi connectivity index (χ1) is 7.17. The summed E-state index contributed by atoms with van der Waals surface area (Å²) in [7, 11) is 0. The van der Waals surface area contributed by atoms with E-state index in [1.165, 1.54) is 11.8 Å². The van der Waals surface area contributed by atoms with Crippen LogP contribution in [0.5, 0.6) is 0 Å². The summed E-state index contributed by atoms with van der Waals surface area (Å²) in [6, 6.07) is 0.0966. The van der Waals surface area contributed by atoms with Gasteiger partial charge < -0.3 is 15.1 Å². The first-order valence-corrected chi connectivity index (χ1v) is 6.06. The molecule has 1 heterocycles. The lowest BCUT2D eigenvalue weighted by Gasteiger charge is -2.20. The summed E-state index contributed by atoms with van der Waals surface area (Å²) in [5.41, 5.74) is 5.30. The summed E-state index contributed by atoms with van der Waals surface area (Å²) in [6.45, 7) is 5.96. The van der Waals surface area contributed by atoms with Crippen LogP contribution < -0.4 is 5.73 Å². The summed E-state index contributed by atoms with van der Waals surface area (Å²) in [4.78, 5) is 2.10. The normalized spacial score (nSPS) is 10.3. The molecule has 5 nitrogen and oxygen atoms in total. The number of nitrogens with two attached hydrogens (primary N) is 1. The molecule has 0 bridgehead atoms. The number of hydrogen-bond donors (Lipinski definition) is 1. The van der Waals surface area contributed by atoms with Gasteiger partial charge in [-0.2, -0.15) is 0 Å². The van der Waals surface area contributed by atoms with E-state index in [-0.39, 0.29) is 6.01 Å². The Morgan fingerprint density at radius 1 is 1.47 bits per heavy atom. The molecule has 0 aliphatic carbocycles. The molecule has 0 fully saturated rings. The van der Waals surface area contributed by atoms with E-state index in [9.17, 15) is 0 Å². The molecule has 7 heteroatoms. The summed E-state index contributed by atoms with van der Waals surface area (Å²) in [5.74, 6) is 1.08. The van der Waals surface area contributed by atoms with Gasteiger partial charge in [-0.15, -0.1) is 5.10 Å². The Labute approximate surface area is 98.4 Å². The van der Waals surface area contributed by atoms with Crippen LogP contribution in [0.3, 0.4) is 0 Å². The van der Waals surface area contributed by atoms with Crippen LogP contribution in [0.25, 0.3) is 0 Å². The summed E-state index contributed by atoms with van der Waals surface area (Å²) in [6.07, 6.45) is 0. The molecule has 0 radical (unpaired) electrons. The predicted molar refractivity (Wildman–Crippen MR) is 65.5 cm³/mol. The molecule has 0 aliphatic heterocycles.